The molecule has 5 heterocycles. The van der Waals surface area contributed by atoms with Crippen molar-refractivity contribution in [2.45, 2.75) is 90.8 Å². The van der Waals surface area contributed by atoms with Crippen LogP contribution in [0.15, 0.2) is 30.6 Å². The Hall–Kier alpha value is -4.23. The maximum Gasteiger partial charge on any atom is 0.415 e. The van der Waals surface area contributed by atoms with Crippen LogP contribution in [-0.4, -0.2) is 74.4 Å². The number of aryl methyl sites for hydroxylation is 1. The third-order valence-corrected chi connectivity index (χ3v) is 7.35. The number of anilines is 1. The summed E-state index contributed by atoms with van der Waals surface area (Å²) >= 11 is 0. The van der Waals surface area contributed by atoms with Gasteiger partial charge in [-0.25, -0.2) is 24.5 Å². The molecule has 0 radical (unpaired) electrons. The van der Waals surface area contributed by atoms with E-state index in [0.717, 1.165) is 30.2 Å². The van der Waals surface area contributed by atoms with E-state index in [1.807, 2.05) is 77.4 Å². The summed E-state index contributed by atoms with van der Waals surface area (Å²) in [6.07, 6.45) is 3.82. The summed E-state index contributed by atoms with van der Waals surface area (Å²) in [5.41, 5.74) is 2.64. The van der Waals surface area contributed by atoms with Gasteiger partial charge in [-0.05, 0) is 85.4 Å². The lowest BCUT2D eigenvalue weighted by atomic mass is 10.1. The summed E-state index contributed by atoms with van der Waals surface area (Å²) < 4.78 is 24.7. The van der Waals surface area contributed by atoms with Crippen molar-refractivity contribution in [3.63, 3.8) is 0 Å². The number of nitrogens with zero attached hydrogens (tertiary/aromatic N) is 5. The molecule has 13 nitrogen and oxygen atoms in total. The monoisotopic (exact) mass is 635 g/mol. The van der Waals surface area contributed by atoms with Gasteiger partial charge in [0.1, 0.15) is 22.4 Å². The van der Waals surface area contributed by atoms with Crippen molar-refractivity contribution in [3.8, 4) is 11.4 Å². The molecular formula is C33H45N7O6. The second-order valence-corrected chi connectivity index (χ2v) is 13.6. The number of nitrogens with one attached hydrogen (secondary N) is 2. The molecule has 1 fully saturated rings. The third-order valence-electron chi connectivity index (χ3n) is 7.35. The fourth-order valence-corrected chi connectivity index (χ4v) is 5.27. The normalized spacial score (nSPS) is 16.4. The maximum absolute atomic E-state index is 12.9. The van der Waals surface area contributed by atoms with E-state index in [2.05, 4.69) is 15.3 Å². The van der Waals surface area contributed by atoms with Crippen LogP contribution in [0.2, 0.25) is 0 Å². The first-order valence-electron chi connectivity index (χ1n) is 15.7. The number of imidazole rings is 1. The molecule has 1 unspecified atom stereocenters. The van der Waals surface area contributed by atoms with Crippen molar-refractivity contribution in [1.82, 2.24) is 29.8 Å². The van der Waals surface area contributed by atoms with E-state index in [0.29, 0.717) is 53.7 Å². The summed E-state index contributed by atoms with van der Waals surface area (Å²) in [5.74, 6) is 0.371. The molecule has 13 heteroatoms. The fraction of sp³-hybridized carbons (Fsp3) is 0.545. The van der Waals surface area contributed by atoms with E-state index in [4.69, 9.17) is 28.9 Å². The Morgan fingerprint density at radius 1 is 1.13 bits per heavy atom. The number of H-pyrrole nitrogens is 1. The molecule has 5 rings (SSSR count). The van der Waals surface area contributed by atoms with Crippen molar-refractivity contribution >= 4 is 40.1 Å². The molecular weight excluding hydrogens is 590 g/mol. The Bertz CT molecular complexity index is 1690. The van der Waals surface area contributed by atoms with Crippen LogP contribution >= 0.6 is 0 Å². The fourth-order valence-electron chi connectivity index (χ4n) is 5.27. The molecule has 4 aromatic rings. The number of aromatic amines is 1. The predicted molar refractivity (Wildman–Crippen MR) is 175 cm³/mol. The number of carbonyl (C=O) groups is 2. The summed E-state index contributed by atoms with van der Waals surface area (Å²) in [4.78, 5) is 44.8. The zero-order chi connectivity index (χ0) is 33.2. The van der Waals surface area contributed by atoms with Crippen LogP contribution in [0, 0.1) is 0 Å². The first kappa shape index (κ1) is 33.1. The van der Waals surface area contributed by atoms with Gasteiger partial charge >= 0.3 is 12.2 Å². The average molecular weight is 636 g/mol. The molecule has 2 N–H and O–H groups in total. The summed E-state index contributed by atoms with van der Waals surface area (Å²) in [6.45, 7) is 12.0. The highest BCUT2D eigenvalue weighted by atomic mass is 16.7. The van der Waals surface area contributed by atoms with E-state index in [-0.39, 0.29) is 6.29 Å². The summed E-state index contributed by atoms with van der Waals surface area (Å²) in [5, 5.41) is 3.80. The Balaban J connectivity index is 1.46. The smallest absolute Gasteiger partial charge is 0.415 e. The third kappa shape index (κ3) is 7.94. The standard InChI is InChI=1S/C33H45N7O6/c1-32(2,3)45-30(41)37-23(15-17-44-25-14-9-10-16-43-25)21-12-11-13-22(35-21)24-18-20-27-26(34-19-39(27)7)29(38-28(20)36-24)40(8)31(42)46-33(4,5)6/h11-13,18-19,23,25H,9-10,14-17H2,1-8H3,(H,36,38)(H,37,41)/t23-,25?/m0/s1. The second-order valence-electron chi connectivity index (χ2n) is 13.6. The lowest BCUT2D eigenvalue weighted by Crippen LogP contribution is -2.36. The van der Waals surface area contributed by atoms with Gasteiger partial charge in [-0.15, -0.1) is 0 Å². The van der Waals surface area contributed by atoms with Crippen molar-refractivity contribution in [2.24, 2.45) is 7.05 Å². The van der Waals surface area contributed by atoms with Crippen LogP contribution in [0.4, 0.5) is 15.4 Å². The number of rotatable bonds is 8. The largest absolute Gasteiger partial charge is 0.444 e. The average Bonchev–Trinajstić information content (AvgIpc) is 3.58. The molecule has 2 atom stereocenters. The number of amides is 2. The van der Waals surface area contributed by atoms with Gasteiger partial charge in [-0.1, -0.05) is 6.07 Å². The van der Waals surface area contributed by atoms with E-state index < -0.39 is 29.4 Å². The maximum atomic E-state index is 12.9. The van der Waals surface area contributed by atoms with E-state index in [1.54, 1.807) is 13.4 Å². The molecule has 1 saturated heterocycles. The van der Waals surface area contributed by atoms with Gasteiger partial charge in [-0.3, -0.25) is 4.90 Å². The second kappa shape index (κ2) is 13.2. The SMILES string of the molecule is CN(C(=O)OC(C)(C)C)c1nc2[nH]c(-c3cccc([C@H](CCOC4CCCCO4)NC(=O)OC(C)(C)C)n3)cc2c2c1ncn2C. The molecule has 46 heavy (non-hydrogen) atoms. The molecule has 248 valence electrons. The van der Waals surface area contributed by atoms with E-state index in [9.17, 15) is 9.59 Å². The molecule has 0 spiro atoms. The molecule has 0 aromatic carbocycles. The van der Waals surface area contributed by atoms with E-state index >= 15 is 0 Å². The van der Waals surface area contributed by atoms with Gasteiger partial charge in [0.15, 0.2) is 12.1 Å². The van der Waals surface area contributed by atoms with Crippen molar-refractivity contribution in [2.75, 3.05) is 25.2 Å². The van der Waals surface area contributed by atoms with Gasteiger partial charge in [0.2, 0.25) is 0 Å². The van der Waals surface area contributed by atoms with Crippen LogP contribution in [0.3, 0.4) is 0 Å². The molecule has 0 aliphatic carbocycles. The minimum atomic E-state index is -0.666. The number of hydrogen-bond acceptors (Lipinski definition) is 9. The minimum absolute atomic E-state index is 0.239. The number of aromatic nitrogens is 5. The summed E-state index contributed by atoms with van der Waals surface area (Å²) in [7, 11) is 3.51. The van der Waals surface area contributed by atoms with Gasteiger partial charge in [-0.2, -0.15) is 0 Å². The van der Waals surface area contributed by atoms with Crippen LogP contribution < -0.4 is 10.2 Å². The number of fused-ring (bicyclic) bond motifs is 3. The van der Waals surface area contributed by atoms with Crippen LogP contribution in [0.1, 0.15) is 79.0 Å². The molecule has 4 aromatic heterocycles. The Morgan fingerprint density at radius 2 is 1.89 bits per heavy atom. The van der Waals surface area contributed by atoms with Gasteiger partial charge in [0, 0.05) is 26.1 Å². The molecule has 1 aliphatic rings. The highest BCUT2D eigenvalue weighted by Crippen LogP contribution is 2.33. The van der Waals surface area contributed by atoms with Crippen LogP contribution in [-0.2, 0) is 26.0 Å². The molecule has 0 bridgehead atoms. The Morgan fingerprint density at radius 3 is 2.59 bits per heavy atom. The Kier molecular flexibility index (Phi) is 9.54. The highest BCUT2D eigenvalue weighted by molar-refractivity contribution is 6.09. The van der Waals surface area contributed by atoms with Crippen molar-refractivity contribution in [3.05, 3.63) is 36.3 Å². The number of ether oxygens (including phenoxy) is 4. The van der Waals surface area contributed by atoms with Crippen LogP contribution in [0.25, 0.3) is 33.5 Å². The first-order valence-corrected chi connectivity index (χ1v) is 15.7. The summed E-state index contributed by atoms with van der Waals surface area (Å²) in [6, 6.07) is 7.15. The highest BCUT2D eigenvalue weighted by Gasteiger charge is 2.27. The number of carbonyl (C=O) groups excluding carboxylic acids is 2. The first-order chi connectivity index (χ1) is 21.7. The zero-order valence-corrected chi connectivity index (χ0v) is 28.0. The van der Waals surface area contributed by atoms with Crippen LogP contribution in [0.5, 0.6) is 0 Å². The van der Waals surface area contributed by atoms with Crippen molar-refractivity contribution in [1.29, 1.82) is 0 Å². The topological polar surface area (TPSA) is 146 Å². The quantitative estimate of drug-likeness (QED) is 0.225. The lowest BCUT2D eigenvalue weighted by Gasteiger charge is -2.25. The number of hydrogen-bond donors (Lipinski definition) is 2. The Labute approximate surface area is 269 Å². The van der Waals surface area contributed by atoms with Gasteiger partial charge < -0.3 is 33.8 Å². The van der Waals surface area contributed by atoms with Gasteiger partial charge in [0.25, 0.3) is 0 Å². The molecule has 2 amide bonds. The number of alkyl carbamates (subject to hydrolysis) is 1. The molecule has 0 saturated carbocycles. The minimum Gasteiger partial charge on any atom is -0.444 e. The number of pyridine rings is 2. The van der Waals surface area contributed by atoms with E-state index in [1.165, 1.54) is 4.90 Å². The lowest BCUT2D eigenvalue weighted by molar-refractivity contribution is -0.163. The van der Waals surface area contributed by atoms with Gasteiger partial charge in [0.05, 0.1) is 41.6 Å². The molecule has 1 aliphatic heterocycles. The zero-order valence-electron chi connectivity index (χ0n) is 28.0. The predicted octanol–water partition coefficient (Wildman–Crippen LogP) is 6.38. The van der Waals surface area contributed by atoms with Crippen molar-refractivity contribution < 1.29 is 28.5 Å².